The molecular formula is C25H23FN4. The van der Waals surface area contributed by atoms with Gasteiger partial charge in [0.25, 0.3) is 0 Å². The molecule has 0 radical (unpaired) electrons. The molecule has 0 aliphatic carbocycles. The van der Waals surface area contributed by atoms with Gasteiger partial charge in [0.2, 0.25) is 0 Å². The molecule has 0 amide bonds. The number of hydrogen-bond donors (Lipinski definition) is 1. The molecule has 1 N–H and O–H groups in total. The predicted molar refractivity (Wildman–Crippen MR) is 116 cm³/mol. The van der Waals surface area contributed by atoms with E-state index in [-0.39, 0.29) is 5.82 Å². The van der Waals surface area contributed by atoms with Crippen LogP contribution in [0.2, 0.25) is 0 Å². The SMILES string of the molecule is Fc1cccc(-c2ccc(-c3cnc(C4CCN(Cc5ccccc5)C4)[nH]3)cn2)c1. The standard InChI is InChI=1S/C25H23FN4/c26-22-8-4-7-19(13-22)23-10-9-20(14-27-23)24-15-28-25(29-24)21-11-12-30(17-21)16-18-5-2-1-3-6-18/h1-10,13-15,21H,11-12,16-17H2,(H,28,29). The van der Waals surface area contributed by atoms with E-state index in [1.54, 1.807) is 6.07 Å². The van der Waals surface area contributed by atoms with Crippen molar-refractivity contribution in [2.45, 2.75) is 18.9 Å². The largest absolute Gasteiger partial charge is 0.342 e. The highest BCUT2D eigenvalue weighted by Gasteiger charge is 2.26. The lowest BCUT2D eigenvalue weighted by atomic mass is 10.1. The van der Waals surface area contributed by atoms with Gasteiger partial charge >= 0.3 is 0 Å². The van der Waals surface area contributed by atoms with Crippen molar-refractivity contribution in [3.8, 4) is 22.5 Å². The van der Waals surface area contributed by atoms with Gasteiger partial charge in [-0.2, -0.15) is 0 Å². The first kappa shape index (κ1) is 18.7. The number of nitrogens with zero attached hydrogens (tertiary/aromatic N) is 3. The Labute approximate surface area is 175 Å². The van der Waals surface area contributed by atoms with E-state index in [0.29, 0.717) is 5.92 Å². The van der Waals surface area contributed by atoms with Crippen LogP contribution in [0.3, 0.4) is 0 Å². The van der Waals surface area contributed by atoms with Crippen LogP contribution in [0.4, 0.5) is 4.39 Å². The number of H-pyrrole nitrogens is 1. The summed E-state index contributed by atoms with van der Waals surface area (Å²) in [5.74, 6) is 1.20. The first-order chi connectivity index (χ1) is 14.7. The Kier molecular flexibility index (Phi) is 5.11. The van der Waals surface area contributed by atoms with Gasteiger partial charge in [-0.3, -0.25) is 9.88 Å². The summed E-state index contributed by atoms with van der Waals surface area (Å²) in [5, 5.41) is 0. The zero-order chi connectivity index (χ0) is 20.3. The Balaban J connectivity index is 1.26. The Morgan fingerprint density at radius 1 is 0.933 bits per heavy atom. The van der Waals surface area contributed by atoms with Crippen molar-refractivity contribution in [1.82, 2.24) is 19.9 Å². The lowest BCUT2D eigenvalue weighted by Gasteiger charge is -2.15. The Morgan fingerprint density at radius 3 is 2.63 bits per heavy atom. The number of hydrogen-bond acceptors (Lipinski definition) is 3. The zero-order valence-corrected chi connectivity index (χ0v) is 16.6. The molecule has 0 saturated carbocycles. The number of aromatic amines is 1. The minimum atomic E-state index is -0.255. The van der Waals surface area contributed by atoms with Gasteiger partial charge in [0, 0.05) is 36.3 Å². The second-order valence-corrected chi connectivity index (χ2v) is 7.83. The molecule has 1 atom stereocenters. The van der Waals surface area contributed by atoms with Crippen molar-refractivity contribution in [2.24, 2.45) is 0 Å². The molecule has 30 heavy (non-hydrogen) atoms. The Hall–Kier alpha value is -3.31. The molecular weight excluding hydrogens is 375 g/mol. The number of likely N-dealkylation sites (tertiary alicyclic amines) is 1. The van der Waals surface area contributed by atoms with Gasteiger partial charge in [-0.15, -0.1) is 0 Å². The lowest BCUT2D eigenvalue weighted by molar-refractivity contribution is 0.326. The monoisotopic (exact) mass is 398 g/mol. The van der Waals surface area contributed by atoms with Crippen LogP contribution in [-0.4, -0.2) is 32.9 Å². The van der Waals surface area contributed by atoms with E-state index in [4.69, 9.17) is 0 Å². The molecule has 1 saturated heterocycles. The summed E-state index contributed by atoms with van der Waals surface area (Å²) in [5.41, 5.74) is 4.82. The van der Waals surface area contributed by atoms with Crippen molar-refractivity contribution in [3.05, 3.63) is 96.3 Å². The third-order valence-corrected chi connectivity index (χ3v) is 5.70. The number of rotatable bonds is 5. The van der Waals surface area contributed by atoms with Crippen molar-refractivity contribution in [3.63, 3.8) is 0 Å². The maximum atomic E-state index is 13.5. The first-order valence-corrected chi connectivity index (χ1v) is 10.3. The second kappa shape index (κ2) is 8.20. The molecule has 5 rings (SSSR count). The van der Waals surface area contributed by atoms with Crippen molar-refractivity contribution >= 4 is 0 Å². The maximum Gasteiger partial charge on any atom is 0.123 e. The smallest absolute Gasteiger partial charge is 0.123 e. The summed E-state index contributed by atoms with van der Waals surface area (Å²) < 4.78 is 13.5. The molecule has 0 bridgehead atoms. The van der Waals surface area contributed by atoms with Crippen LogP contribution in [-0.2, 0) is 6.54 Å². The first-order valence-electron chi connectivity index (χ1n) is 10.3. The summed E-state index contributed by atoms with van der Waals surface area (Å²) >= 11 is 0. The Morgan fingerprint density at radius 2 is 1.83 bits per heavy atom. The van der Waals surface area contributed by atoms with Crippen LogP contribution in [0, 0.1) is 5.82 Å². The second-order valence-electron chi connectivity index (χ2n) is 7.83. The van der Waals surface area contributed by atoms with Crippen molar-refractivity contribution in [2.75, 3.05) is 13.1 Å². The van der Waals surface area contributed by atoms with Gasteiger partial charge in [-0.25, -0.2) is 9.37 Å². The summed E-state index contributed by atoms with van der Waals surface area (Å²) in [6, 6.07) is 21.0. The molecule has 2 aromatic heterocycles. The van der Waals surface area contributed by atoms with Gasteiger partial charge in [0.15, 0.2) is 0 Å². The van der Waals surface area contributed by atoms with Crippen molar-refractivity contribution in [1.29, 1.82) is 0 Å². The molecule has 150 valence electrons. The summed E-state index contributed by atoms with van der Waals surface area (Å²) in [7, 11) is 0. The van der Waals surface area contributed by atoms with Crippen molar-refractivity contribution < 1.29 is 4.39 Å². The number of halogens is 1. The van der Waals surface area contributed by atoms with Crippen LogP contribution >= 0.6 is 0 Å². The average molecular weight is 398 g/mol. The van der Waals surface area contributed by atoms with Gasteiger partial charge in [-0.05, 0) is 42.8 Å². The molecule has 3 heterocycles. The van der Waals surface area contributed by atoms with E-state index in [1.807, 2.05) is 30.6 Å². The topological polar surface area (TPSA) is 44.8 Å². The van der Waals surface area contributed by atoms with E-state index in [9.17, 15) is 4.39 Å². The quantitative estimate of drug-likeness (QED) is 0.498. The van der Waals surface area contributed by atoms with Gasteiger partial charge in [0.1, 0.15) is 11.6 Å². The van der Waals surface area contributed by atoms with Gasteiger partial charge < -0.3 is 4.98 Å². The summed E-state index contributed by atoms with van der Waals surface area (Å²) in [6.45, 7) is 3.08. The van der Waals surface area contributed by atoms with Gasteiger partial charge in [0.05, 0.1) is 17.6 Å². The van der Waals surface area contributed by atoms with Gasteiger partial charge in [-0.1, -0.05) is 42.5 Å². The van der Waals surface area contributed by atoms with Crippen LogP contribution < -0.4 is 0 Å². The van der Waals surface area contributed by atoms with E-state index in [2.05, 4.69) is 50.2 Å². The summed E-state index contributed by atoms with van der Waals surface area (Å²) in [4.78, 5) is 15.1. The summed E-state index contributed by atoms with van der Waals surface area (Å²) in [6.07, 6.45) is 4.80. The molecule has 1 aliphatic heterocycles. The van der Waals surface area contributed by atoms with Crippen LogP contribution in [0.5, 0.6) is 0 Å². The normalized spacial score (nSPS) is 16.8. The van der Waals surface area contributed by atoms with Crippen LogP contribution in [0.25, 0.3) is 22.5 Å². The molecule has 4 aromatic rings. The molecule has 2 aromatic carbocycles. The van der Waals surface area contributed by atoms with E-state index >= 15 is 0 Å². The molecule has 4 nitrogen and oxygen atoms in total. The highest BCUT2D eigenvalue weighted by atomic mass is 19.1. The lowest BCUT2D eigenvalue weighted by Crippen LogP contribution is -2.19. The molecule has 1 fully saturated rings. The van der Waals surface area contributed by atoms with E-state index in [0.717, 1.165) is 54.4 Å². The molecule has 1 unspecified atom stereocenters. The minimum Gasteiger partial charge on any atom is -0.342 e. The number of nitrogens with one attached hydrogen (secondary N) is 1. The fourth-order valence-electron chi connectivity index (χ4n) is 4.10. The highest BCUT2D eigenvalue weighted by molar-refractivity contribution is 5.64. The Bertz CT molecular complexity index is 1120. The number of benzene rings is 2. The van der Waals surface area contributed by atoms with Crippen LogP contribution in [0.1, 0.15) is 23.7 Å². The maximum absolute atomic E-state index is 13.5. The fraction of sp³-hybridized carbons (Fsp3) is 0.200. The number of aromatic nitrogens is 3. The van der Waals surface area contributed by atoms with E-state index in [1.165, 1.54) is 17.7 Å². The molecule has 0 spiro atoms. The fourth-order valence-corrected chi connectivity index (χ4v) is 4.10. The van der Waals surface area contributed by atoms with Crippen LogP contribution in [0.15, 0.2) is 79.1 Å². The minimum absolute atomic E-state index is 0.255. The predicted octanol–water partition coefficient (Wildman–Crippen LogP) is 5.27. The molecule has 5 heteroatoms. The van der Waals surface area contributed by atoms with E-state index < -0.39 is 0 Å². The number of pyridine rings is 1. The number of imidazole rings is 1. The average Bonchev–Trinajstić information content (AvgIpc) is 3.44. The third kappa shape index (κ3) is 4.02. The highest BCUT2D eigenvalue weighted by Crippen LogP contribution is 2.28. The zero-order valence-electron chi connectivity index (χ0n) is 16.6. The third-order valence-electron chi connectivity index (χ3n) is 5.70. The molecule has 1 aliphatic rings.